The first-order valence-electron chi connectivity index (χ1n) is 8.93. The van der Waals surface area contributed by atoms with Crippen molar-refractivity contribution in [3.05, 3.63) is 82.1 Å². The molecule has 1 amide bonds. The van der Waals surface area contributed by atoms with Gasteiger partial charge >= 0.3 is 5.97 Å². The molecule has 4 rings (SSSR count). The molecule has 29 heavy (non-hydrogen) atoms. The number of hydrogen-bond acceptors (Lipinski definition) is 6. The highest BCUT2D eigenvalue weighted by Gasteiger charge is 2.35. The van der Waals surface area contributed by atoms with Crippen molar-refractivity contribution < 1.29 is 23.2 Å². The molecule has 0 N–H and O–H groups in total. The van der Waals surface area contributed by atoms with Crippen LogP contribution >= 0.6 is 15.9 Å². The van der Waals surface area contributed by atoms with Crippen LogP contribution in [0.3, 0.4) is 0 Å². The molecule has 0 aliphatic carbocycles. The number of benzene rings is 1. The molecule has 3 aromatic rings. The van der Waals surface area contributed by atoms with Crippen molar-refractivity contribution >= 4 is 33.5 Å². The molecule has 1 aliphatic heterocycles. The van der Waals surface area contributed by atoms with Crippen LogP contribution < -0.4 is 0 Å². The fourth-order valence-corrected chi connectivity index (χ4v) is 3.36. The van der Waals surface area contributed by atoms with Crippen molar-refractivity contribution in [3.8, 4) is 0 Å². The molecule has 1 aliphatic rings. The predicted octanol–water partition coefficient (Wildman–Crippen LogP) is 4.48. The van der Waals surface area contributed by atoms with E-state index in [0.717, 1.165) is 16.8 Å². The van der Waals surface area contributed by atoms with Gasteiger partial charge in [0.2, 0.25) is 5.76 Å². The van der Waals surface area contributed by atoms with Gasteiger partial charge in [-0.2, -0.15) is 5.10 Å². The minimum atomic E-state index is -0.722. The number of carbonyl (C=O) groups excluding carboxylic acids is 2. The van der Waals surface area contributed by atoms with Crippen molar-refractivity contribution in [1.29, 1.82) is 0 Å². The van der Waals surface area contributed by atoms with Crippen molar-refractivity contribution in [2.24, 2.45) is 5.10 Å². The second-order valence-electron chi connectivity index (χ2n) is 6.57. The molecule has 8 heteroatoms. The number of nitrogens with zero attached hydrogens (tertiary/aromatic N) is 2. The van der Waals surface area contributed by atoms with Gasteiger partial charge < -0.3 is 13.6 Å². The van der Waals surface area contributed by atoms with E-state index >= 15 is 0 Å². The first kappa shape index (κ1) is 19.2. The molecule has 0 fully saturated rings. The smallest absolute Gasteiger partial charge is 0.374 e. The summed E-state index contributed by atoms with van der Waals surface area (Å²) in [5, 5.41) is 5.82. The number of aryl methyl sites for hydroxylation is 1. The lowest BCUT2D eigenvalue weighted by Gasteiger charge is -2.19. The summed E-state index contributed by atoms with van der Waals surface area (Å²) in [6.45, 7) is 1.55. The first-order valence-corrected chi connectivity index (χ1v) is 9.73. The minimum Gasteiger partial charge on any atom is -0.467 e. The molecule has 1 unspecified atom stereocenters. The standard InChI is InChI=1S/C21H17BrN2O5/c1-13-4-6-14(7-5-13)15-11-16(17-3-2-10-27-17)24(23-15)20(25)12-28-21(26)18-8-9-19(22)29-18/h2-10,16H,11-12H2,1H3. The predicted molar refractivity (Wildman–Crippen MR) is 107 cm³/mol. The van der Waals surface area contributed by atoms with Gasteiger partial charge in [-0.05, 0) is 52.7 Å². The quantitative estimate of drug-likeness (QED) is 0.528. The minimum absolute atomic E-state index is 0.0116. The van der Waals surface area contributed by atoms with Gasteiger partial charge in [0, 0.05) is 6.42 Å². The van der Waals surface area contributed by atoms with Gasteiger partial charge in [0.05, 0.1) is 12.0 Å². The summed E-state index contributed by atoms with van der Waals surface area (Å²) in [6, 6.07) is 14.1. The molecule has 0 saturated carbocycles. The number of esters is 1. The fourth-order valence-electron chi connectivity index (χ4n) is 3.05. The van der Waals surface area contributed by atoms with E-state index in [1.807, 2.05) is 31.2 Å². The van der Waals surface area contributed by atoms with E-state index in [1.165, 1.54) is 11.1 Å². The SMILES string of the molecule is Cc1ccc(C2=NN(C(=O)COC(=O)c3ccc(Br)o3)C(c3ccco3)C2)cc1. The number of hydrazone groups is 1. The number of rotatable bonds is 5. The lowest BCUT2D eigenvalue weighted by atomic mass is 10.0. The van der Waals surface area contributed by atoms with Gasteiger partial charge in [-0.15, -0.1) is 0 Å². The molecule has 0 radical (unpaired) electrons. The first-order chi connectivity index (χ1) is 14.0. The van der Waals surface area contributed by atoms with Crippen molar-refractivity contribution in [2.75, 3.05) is 6.61 Å². The Balaban J connectivity index is 1.52. The highest BCUT2D eigenvalue weighted by Crippen LogP contribution is 2.33. The third-order valence-corrected chi connectivity index (χ3v) is 4.95. The van der Waals surface area contributed by atoms with Crippen LogP contribution in [-0.4, -0.2) is 29.2 Å². The summed E-state index contributed by atoms with van der Waals surface area (Å²) >= 11 is 3.12. The average molecular weight is 457 g/mol. The van der Waals surface area contributed by atoms with Crippen LogP contribution in [0.25, 0.3) is 0 Å². The highest BCUT2D eigenvalue weighted by molar-refractivity contribution is 9.10. The van der Waals surface area contributed by atoms with Crippen LogP contribution in [0.5, 0.6) is 0 Å². The number of hydrogen-bond donors (Lipinski definition) is 0. The Morgan fingerprint density at radius 1 is 1.21 bits per heavy atom. The largest absolute Gasteiger partial charge is 0.467 e. The second-order valence-corrected chi connectivity index (χ2v) is 7.35. The van der Waals surface area contributed by atoms with Crippen LogP contribution in [0, 0.1) is 6.92 Å². The van der Waals surface area contributed by atoms with E-state index in [0.29, 0.717) is 16.9 Å². The lowest BCUT2D eigenvalue weighted by Crippen LogP contribution is -2.31. The lowest BCUT2D eigenvalue weighted by molar-refractivity contribution is -0.136. The summed E-state index contributed by atoms with van der Waals surface area (Å²) in [6.07, 6.45) is 2.05. The van der Waals surface area contributed by atoms with E-state index in [-0.39, 0.29) is 5.76 Å². The number of furan rings is 2. The van der Waals surface area contributed by atoms with Crippen LogP contribution in [0.1, 0.15) is 39.9 Å². The molecule has 0 saturated heterocycles. The van der Waals surface area contributed by atoms with Gasteiger partial charge in [0.1, 0.15) is 11.8 Å². The molecule has 1 aromatic carbocycles. The molecular formula is C21H17BrN2O5. The summed E-state index contributed by atoms with van der Waals surface area (Å²) in [4.78, 5) is 24.8. The van der Waals surface area contributed by atoms with Gasteiger partial charge in [-0.3, -0.25) is 4.79 Å². The van der Waals surface area contributed by atoms with E-state index < -0.39 is 24.5 Å². The molecule has 2 aromatic heterocycles. The Morgan fingerprint density at radius 3 is 2.66 bits per heavy atom. The molecular weight excluding hydrogens is 440 g/mol. The maximum atomic E-state index is 12.8. The molecule has 7 nitrogen and oxygen atoms in total. The molecule has 148 valence electrons. The summed E-state index contributed by atoms with van der Waals surface area (Å²) in [5.41, 5.74) is 2.83. The summed E-state index contributed by atoms with van der Waals surface area (Å²) in [5.74, 6) is -0.545. The van der Waals surface area contributed by atoms with E-state index in [4.69, 9.17) is 13.6 Å². The Morgan fingerprint density at radius 2 is 2.00 bits per heavy atom. The number of amides is 1. The van der Waals surface area contributed by atoms with Crippen molar-refractivity contribution in [1.82, 2.24) is 5.01 Å². The average Bonchev–Trinajstić information content (AvgIpc) is 3.46. The van der Waals surface area contributed by atoms with Crippen LogP contribution in [0.4, 0.5) is 0 Å². The Labute approximate surface area is 175 Å². The Hall–Kier alpha value is -3.13. The normalized spacial score (nSPS) is 16.0. The highest BCUT2D eigenvalue weighted by atomic mass is 79.9. The summed E-state index contributed by atoms with van der Waals surface area (Å²) in [7, 11) is 0. The fraction of sp³-hybridized carbons (Fsp3) is 0.190. The third kappa shape index (κ3) is 4.17. The van der Waals surface area contributed by atoms with E-state index in [2.05, 4.69) is 21.0 Å². The van der Waals surface area contributed by atoms with Gasteiger partial charge in [-0.1, -0.05) is 29.8 Å². The maximum Gasteiger partial charge on any atom is 0.374 e. The molecule has 1 atom stereocenters. The zero-order valence-corrected chi connectivity index (χ0v) is 17.1. The second kappa shape index (κ2) is 8.08. The van der Waals surface area contributed by atoms with Crippen LogP contribution in [0.2, 0.25) is 0 Å². The van der Waals surface area contributed by atoms with E-state index in [1.54, 1.807) is 24.5 Å². The Kier molecular flexibility index (Phi) is 5.35. The number of ether oxygens (including phenoxy) is 1. The maximum absolute atomic E-state index is 12.8. The monoisotopic (exact) mass is 456 g/mol. The van der Waals surface area contributed by atoms with Crippen molar-refractivity contribution in [3.63, 3.8) is 0 Å². The number of carbonyl (C=O) groups is 2. The Bertz CT molecular complexity index is 1050. The van der Waals surface area contributed by atoms with Crippen LogP contribution in [-0.2, 0) is 9.53 Å². The van der Waals surface area contributed by atoms with Crippen molar-refractivity contribution in [2.45, 2.75) is 19.4 Å². The van der Waals surface area contributed by atoms with E-state index in [9.17, 15) is 9.59 Å². The number of halogens is 1. The topological polar surface area (TPSA) is 85.3 Å². The van der Waals surface area contributed by atoms with Gasteiger partial charge in [0.25, 0.3) is 5.91 Å². The molecule has 3 heterocycles. The van der Waals surface area contributed by atoms with Gasteiger partial charge in [-0.25, -0.2) is 9.80 Å². The summed E-state index contributed by atoms with van der Waals surface area (Å²) < 4.78 is 16.1. The zero-order chi connectivity index (χ0) is 20.4. The zero-order valence-electron chi connectivity index (χ0n) is 15.5. The molecule has 0 bridgehead atoms. The van der Waals surface area contributed by atoms with Gasteiger partial charge in [0.15, 0.2) is 11.3 Å². The van der Waals surface area contributed by atoms with Crippen LogP contribution in [0.15, 0.2) is 73.4 Å². The molecule has 0 spiro atoms. The third-order valence-electron chi connectivity index (χ3n) is 4.52.